The number of aromatic amines is 1. The molecule has 0 unspecified atom stereocenters. The van der Waals surface area contributed by atoms with Crippen LogP contribution in [0.15, 0.2) is 24.8 Å². The van der Waals surface area contributed by atoms with Crippen molar-refractivity contribution in [1.82, 2.24) is 19.5 Å². The molecule has 6 heteroatoms. The van der Waals surface area contributed by atoms with Crippen molar-refractivity contribution in [1.29, 1.82) is 0 Å². The molecule has 6 nitrogen and oxygen atoms in total. The predicted molar refractivity (Wildman–Crippen MR) is 47.6 cm³/mol. The Morgan fingerprint density at radius 2 is 2.36 bits per heavy atom. The fourth-order valence-corrected chi connectivity index (χ4v) is 1.11. The second-order valence-corrected chi connectivity index (χ2v) is 2.53. The average molecular weight is 192 g/mol. The zero-order valence-corrected chi connectivity index (χ0v) is 7.47. The molecule has 0 spiro atoms. The molecule has 0 bridgehead atoms. The molecule has 0 atom stereocenters. The van der Waals surface area contributed by atoms with Crippen molar-refractivity contribution in [3.63, 3.8) is 0 Å². The molecule has 2 rings (SSSR count). The van der Waals surface area contributed by atoms with Gasteiger partial charge < -0.3 is 9.72 Å². The molecule has 2 heterocycles. The molecule has 14 heavy (non-hydrogen) atoms. The van der Waals surface area contributed by atoms with Crippen LogP contribution in [-0.2, 0) is 4.74 Å². The van der Waals surface area contributed by atoms with Crippen molar-refractivity contribution < 1.29 is 9.53 Å². The fraction of sp³-hybridized carbons (Fsp3) is 0.125. The topological polar surface area (TPSA) is 72.8 Å². The molecule has 0 fully saturated rings. The molecule has 0 aromatic carbocycles. The molecule has 2 aromatic heterocycles. The number of imidazole rings is 2. The number of carbonyl (C=O) groups excluding carboxylic acids is 1. The van der Waals surface area contributed by atoms with Gasteiger partial charge in [-0.3, -0.25) is 0 Å². The first kappa shape index (κ1) is 8.49. The van der Waals surface area contributed by atoms with Gasteiger partial charge in [-0.05, 0) is 0 Å². The molecule has 0 saturated heterocycles. The van der Waals surface area contributed by atoms with E-state index in [9.17, 15) is 4.79 Å². The molecule has 0 aliphatic rings. The van der Waals surface area contributed by atoms with Crippen LogP contribution < -0.4 is 0 Å². The third-order valence-corrected chi connectivity index (χ3v) is 1.72. The summed E-state index contributed by atoms with van der Waals surface area (Å²) in [5.74, 6) is 0.960. The second-order valence-electron chi connectivity index (χ2n) is 2.53. The highest BCUT2D eigenvalue weighted by Crippen LogP contribution is 2.11. The van der Waals surface area contributed by atoms with Crippen LogP contribution in [0.5, 0.6) is 0 Å². The Morgan fingerprint density at radius 1 is 1.50 bits per heavy atom. The quantitative estimate of drug-likeness (QED) is 0.728. The zero-order chi connectivity index (χ0) is 9.97. The molecule has 0 aliphatic heterocycles. The number of nitrogens with one attached hydrogen (secondary N) is 1. The van der Waals surface area contributed by atoms with Crippen molar-refractivity contribution in [3.05, 3.63) is 24.8 Å². The zero-order valence-electron chi connectivity index (χ0n) is 7.47. The Bertz CT molecular complexity index is 432. The van der Waals surface area contributed by atoms with Crippen molar-refractivity contribution in [2.45, 2.75) is 0 Å². The first-order valence-electron chi connectivity index (χ1n) is 3.94. The van der Waals surface area contributed by atoms with Crippen molar-refractivity contribution in [3.8, 4) is 11.6 Å². The highest BCUT2D eigenvalue weighted by molar-refractivity contribution is 5.74. The van der Waals surface area contributed by atoms with Gasteiger partial charge in [-0.1, -0.05) is 0 Å². The lowest BCUT2D eigenvalue weighted by Crippen LogP contribution is -2.12. The molecular weight excluding hydrogens is 184 g/mol. The summed E-state index contributed by atoms with van der Waals surface area (Å²) in [7, 11) is 1.31. The minimum atomic E-state index is -0.492. The number of hydrogen-bond acceptors (Lipinski definition) is 4. The third kappa shape index (κ3) is 1.26. The van der Waals surface area contributed by atoms with Gasteiger partial charge in [0.1, 0.15) is 0 Å². The summed E-state index contributed by atoms with van der Waals surface area (Å²) in [5.41, 5.74) is 0. The summed E-state index contributed by atoms with van der Waals surface area (Å²) in [6.45, 7) is 0. The molecule has 0 amide bonds. The van der Waals surface area contributed by atoms with Crippen molar-refractivity contribution in [2.75, 3.05) is 7.11 Å². The van der Waals surface area contributed by atoms with Crippen LogP contribution >= 0.6 is 0 Å². The molecule has 0 aliphatic carbocycles. The average Bonchev–Trinajstić information content (AvgIpc) is 2.85. The number of carbonyl (C=O) groups is 1. The van der Waals surface area contributed by atoms with Crippen LogP contribution in [0.2, 0.25) is 0 Å². The van der Waals surface area contributed by atoms with E-state index in [-0.39, 0.29) is 0 Å². The van der Waals surface area contributed by atoms with Crippen LogP contribution in [0.25, 0.3) is 11.6 Å². The molecule has 2 aromatic rings. The van der Waals surface area contributed by atoms with E-state index < -0.39 is 6.09 Å². The van der Waals surface area contributed by atoms with Crippen LogP contribution in [-0.4, -0.2) is 32.7 Å². The smallest absolute Gasteiger partial charge is 0.419 e. The minimum absolute atomic E-state index is 0.432. The first-order valence-corrected chi connectivity index (χ1v) is 3.94. The van der Waals surface area contributed by atoms with Gasteiger partial charge in [-0.2, -0.15) is 0 Å². The van der Waals surface area contributed by atoms with Gasteiger partial charge in [0.25, 0.3) is 0 Å². The molecule has 0 saturated carbocycles. The lowest BCUT2D eigenvalue weighted by atomic mass is 10.5. The minimum Gasteiger partial charge on any atom is -0.452 e. The van der Waals surface area contributed by atoms with Crippen LogP contribution in [0.3, 0.4) is 0 Å². The molecule has 0 radical (unpaired) electrons. The van der Waals surface area contributed by atoms with Gasteiger partial charge in [0.15, 0.2) is 11.6 Å². The van der Waals surface area contributed by atoms with Gasteiger partial charge in [0.2, 0.25) is 0 Å². The highest BCUT2D eigenvalue weighted by Gasteiger charge is 2.13. The number of rotatable bonds is 1. The summed E-state index contributed by atoms with van der Waals surface area (Å²) < 4.78 is 5.85. The Morgan fingerprint density at radius 3 is 3.00 bits per heavy atom. The summed E-state index contributed by atoms with van der Waals surface area (Å²) in [4.78, 5) is 22.1. The number of aromatic nitrogens is 4. The molecule has 72 valence electrons. The van der Waals surface area contributed by atoms with E-state index in [1.165, 1.54) is 24.1 Å². The van der Waals surface area contributed by atoms with Gasteiger partial charge in [-0.15, -0.1) is 0 Å². The number of nitrogens with zero attached hydrogens (tertiary/aromatic N) is 3. The maximum atomic E-state index is 11.2. The normalized spacial score (nSPS) is 10.1. The Balaban J connectivity index is 2.45. The Hall–Kier alpha value is -2.11. The monoisotopic (exact) mass is 192 g/mol. The van der Waals surface area contributed by atoms with E-state index in [2.05, 4.69) is 19.7 Å². The predicted octanol–water partition coefficient (Wildman–Crippen LogP) is 0.888. The summed E-state index contributed by atoms with van der Waals surface area (Å²) in [5, 5.41) is 0. The van der Waals surface area contributed by atoms with Crippen molar-refractivity contribution >= 4 is 6.09 Å². The fourth-order valence-electron chi connectivity index (χ4n) is 1.11. The third-order valence-electron chi connectivity index (χ3n) is 1.72. The summed E-state index contributed by atoms with van der Waals surface area (Å²) in [6, 6.07) is 0. The van der Waals surface area contributed by atoms with E-state index >= 15 is 0 Å². The van der Waals surface area contributed by atoms with Crippen LogP contribution in [0.4, 0.5) is 4.79 Å². The maximum absolute atomic E-state index is 11.2. The van der Waals surface area contributed by atoms with Gasteiger partial charge in [-0.25, -0.2) is 19.3 Å². The number of methoxy groups -OCH3 is 1. The van der Waals surface area contributed by atoms with E-state index in [0.29, 0.717) is 11.6 Å². The van der Waals surface area contributed by atoms with E-state index in [1.807, 2.05) is 0 Å². The standard InChI is InChI=1S/C8H8N4O2/c1-14-8(13)12-5-4-11-7(12)6-9-2-3-10-6/h2-5H,1H3,(H,9,10). The summed E-state index contributed by atoms with van der Waals surface area (Å²) >= 11 is 0. The van der Waals surface area contributed by atoms with E-state index in [4.69, 9.17) is 0 Å². The Kier molecular flexibility index (Phi) is 2.02. The number of hydrogen-bond donors (Lipinski definition) is 1. The lowest BCUT2D eigenvalue weighted by Gasteiger charge is -2.01. The Labute approximate surface area is 79.6 Å². The van der Waals surface area contributed by atoms with E-state index in [1.54, 1.807) is 12.4 Å². The van der Waals surface area contributed by atoms with Gasteiger partial charge in [0.05, 0.1) is 7.11 Å². The lowest BCUT2D eigenvalue weighted by molar-refractivity contribution is 0.173. The van der Waals surface area contributed by atoms with Gasteiger partial charge >= 0.3 is 6.09 Å². The maximum Gasteiger partial charge on any atom is 0.419 e. The van der Waals surface area contributed by atoms with Crippen molar-refractivity contribution in [2.24, 2.45) is 0 Å². The van der Waals surface area contributed by atoms with Gasteiger partial charge in [0, 0.05) is 24.8 Å². The number of H-pyrrole nitrogens is 1. The second kappa shape index (κ2) is 3.33. The molecular formula is C8H8N4O2. The van der Waals surface area contributed by atoms with Crippen LogP contribution in [0.1, 0.15) is 0 Å². The first-order chi connectivity index (χ1) is 6.83. The number of ether oxygens (including phenoxy) is 1. The van der Waals surface area contributed by atoms with Crippen LogP contribution in [0, 0.1) is 0 Å². The summed E-state index contributed by atoms with van der Waals surface area (Å²) in [6.07, 6.45) is 5.78. The largest absolute Gasteiger partial charge is 0.452 e. The molecule has 1 N–H and O–H groups in total. The van der Waals surface area contributed by atoms with E-state index in [0.717, 1.165) is 0 Å². The SMILES string of the molecule is COC(=O)n1ccnc1-c1ncc[nH]1. The highest BCUT2D eigenvalue weighted by atomic mass is 16.5.